The maximum atomic E-state index is 12.3. The van der Waals surface area contributed by atoms with Gasteiger partial charge in [-0.25, -0.2) is 9.59 Å². The van der Waals surface area contributed by atoms with Crippen LogP contribution < -0.4 is 4.74 Å². The lowest BCUT2D eigenvalue weighted by molar-refractivity contribution is 0.0472. The Morgan fingerprint density at radius 1 is 0.786 bits per heavy atom. The lowest BCUT2D eigenvalue weighted by Crippen LogP contribution is -2.08. The molecule has 0 radical (unpaired) electrons. The summed E-state index contributed by atoms with van der Waals surface area (Å²) in [6, 6.07) is 24.6. The van der Waals surface area contributed by atoms with Gasteiger partial charge in [0.05, 0.1) is 5.56 Å². The first-order valence-electron chi connectivity index (χ1n) is 8.71. The summed E-state index contributed by atoms with van der Waals surface area (Å²) >= 11 is 0. The second-order valence-corrected chi connectivity index (χ2v) is 6.12. The third kappa shape index (κ3) is 3.94. The number of fused-ring (bicyclic) bond motifs is 1. The molecule has 0 unspecified atom stereocenters. The highest BCUT2D eigenvalue weighted by atomic mass is 16.5. The largest absolute Gasteiger partial charge is 0.457 e. The molecule has 0 aliphatic heterocycles. The molecule has 0 spiro atoms. The Hall–Kier alpha value is -3.86. The van der Waals surface area contributed by atoms with Gasteiger partial charge >= 0.3 is 11.9 Å². The number of hydrogen-bond acceptors (Lipinski definition) is 5. The molecule has 0 atom stereocenters. The Morgan fingerprint density at radius 3 is 2.25 bits per heavy atom. The summed E-state index contributed by atoms with van der Waals surface area (Å²) in [7, 11) is 0. The third-order valence-electron chi connectivity index (χ3n) is 4.14. The molecule has 0 bridgehead atoms. The van der Waals surface area contributed by atoms with Gasteiger partial charge in [-0.1, -0.05) is 48.5 Å². The number of benzene rings is 3. The molecule has 1 aromatic heterocycles. The zero-order valence-electron chi connectivity index (χ0n) is 14.8. The number of ether oxygens (including phenoxy) is 2. The van der Waals surface area contributed by atoms with Gasteiger partial charge < -0.3 is 13.9 Å². The van der Waals surface area contributed by atoms with Crippen LogP contribution in [0.5, 0.6) is 5.75 Å². The molecule has 0 N–H and O–H groups in total. The number of esters is 2. The summed E-state index contributed by atoms with van der Waals surface area (Å²) in [6.45, 7) is 0.197. The lowest BCUT2D eigenvalue weighted by Gasteiger charge is -2.06. The van der Waals surface area contributed by atoms with Crippen molar-refractivity contribution in [2.75, 3.05) is 0 Å². The van der Waals surface area contributed by atoms with Crippen molar-refractivity contribution < 1.29 is 23.5 Å². The average Bonchev–Trinajstić information content (AvgIpc) is 3.18. The van der Waals surface area contributed by atoms with Gasteiger partial charge in [-0.15, -0.1) is 0 Å². The topological polar surface area (TPSA) is 65.7 Å². The zero-order valence-corrected chi connectivity index (χ0v) is 14.8. The fourth-order valence-electron chi connectivity index (χ4n) is 2.71. The van der Waals surface area contributed by atoms with Gasteiger partial charge in [-0.05, 0) is 42.0 Å². The van der Waals surface area contributed by atoms with Crippen LogP contribution in [0.15, 0.2) is 89.3 Å². The first kappa shape index (κ1) is 17.5. The molecule has 0 fully saturated rings. The summed E-state index contributed by atoms with van der Waals surface area (Å²) < 4.78 is 16.1. The molecule has 4 rings (SSSR count). The Balaban J connectivity index is 1.38. The van der Waals surface area contributed by atoms with E-state index in [0.29, 0.717) is 16.9 Å². The number of carbonyl (C=O) groups is 2. The molecule has 28 heavy (non-hydrogen) atoms. The minimum Gasteiger partial charge on any atom is -0.457 e. The molecule has 3 aromatic carbocycles. The number of carbonyl (C=O) groups excluding carboxylic acids is 2. The predicted molar refractivity (Wildman–Crippen MR) is 103 cm³/mol. The first-order chi connectivity index (χ1) is 13.7. The molecule has 0 aliphatic rings. The van der Waals surface area contributed by atoms with Crippen molar-refractivity contribution in [2.45, 2.75) is 6.61 Å². The van der Waals surface area contributed by atoms with E-state index in [9.17, 15) is 9.59 Å². The highest BCUT2D eigenvalue weighted by Gasteiger charge is 2.15. The number of para-hydroxylation sites is 1. The highest BCUT2D eigenvalue weighted by molar-refractivity contribution is 5.94. The molecule has 138 valence electrons. The molecular formula is C23H16O5. The van der Waals surface area contributed by atoms with E-state index < -0.39 is 11.9 Å². The highest BCUT2D eigenvalue weighted by Crippen LogP contribution is 2.21. The third-order valence-corrected chi connectivity index (χ3v) is 4.14. The van der Waals surface area contributed by atoms with Gasteiger partial charge in [0, 0.05) is 5.39 Å². The van der Waals surface area contributed by atoms with Crippen LogP contribution in [0.25, 0.3) is 11.0 Å². The molecular weight excluding hydrogens is 356 g/mol. The summed E-state index contributed by atoms with van der Waals surface area (Å²) in [5.41, 5.74) is 1.90. The predicted octanol–water partition coefficient (Wildman–Crippen LogP) is 5.01. The van der Waals surface area contributed by atoms with E-state index in [1.807, 2.05) is 48.5 Å². The van der Waals surface area contributed by atoms with Crippen LogP contribution >= 0.6 is 0 Å². The Bertz CT molecular complexity index is 1080. The minimum absolute atomic E-state index is 0.118. The molecule has 0 aliphatic carbocycles. The Morgan fingerprint density at radius 2 is 1.50 bits per heavy atom. The van der Waals surface area contributed by atoms with Crippen molar-refractivity contribution in [3.63, 3.8) is 0 Å². The second kappa shape index (κ2) is 7.80. The van der Waals surface area contributed by atoms with Crippen molar-refractivity contribution in [3.8, 4) is 5.75 Å². The van der Waals surface area contributed by atoms with Crippen LogP contribution in [0.3, 0.4) is 0 Å². The van der Waals surface area contributed by atoms with E-state index in [1.54, 1.807) is 36.4 Å². The second-order valence-electron chi connectivity index (χ2n) is 6.12. The molecule has 0 saturated carbocycles. The smallest absolute Gasteiger partial charge is 0.379 e. The molecule has 0 saturated heterocycles. The van der Waals surface area contributed by atoms with Crippen LogP contribution in [0.1, 0.15) is 26.5 Å². The summed E-state index contributed by atoms with van der Waals surface area (Å²) in [4.78, 5) is 24.4. The van der Waals surface area contributed by atoms with E-state index >= 15 is 0 Å². The van der Waals surface area contributed by atoms with E-state index in [1.165, 1.54) is 0 Å². The summed E-state index contributed by atoms with van der Waals surface area (Å²) in [5.74, 6) is -0.618. The Kier molecular flexibility index (Phi) is 4.89. The van der Waals surface area contributed by atoms with Crippen LogP contribution in [0, 0.1) is 0 Å². The molecule has 5 nitrogen and oxygen atoms in total. The van der Waals surface area contributed by atoms with Crippen molar-refractivity contribution in [1.82, 2.24) is 0 Å². The normalized spacial score (nSPS) is 10.6. The van der Waals surface area contributed by atoms with Crippen molar-refractivity contribution in [2.24, 2.45) is 0 Å². The van der Waals surface area contributed by atoms with Crippen LogP contribution in [0.4, 0.5) is 0 Å². The van der Waals surface area contributed by atoms with Crippen LogP contribution in [-0.2, 0) is 11.3 Å². The van der Waals surface area contributed by atoms with Gasteiger partial charge in [0.25, 0.3) is 0 Å². The maximum absolute atomic E-state index is 12.3. The molecule has 0 amide bonds. The fraction of sp³-hybridized carbons (Fsp3) is 0.0435. The van der Waals surface area contributed by atoms with E-state index in [0.717, 1.165) is 10.9 Å². The number of rotatable bonds is 5. The van der Waals surface area contributed by atoms with Crippen LogP contribution in [-0.4, -0.2) is 11.9 Å². The van der Waals surface area contributed by atoms with Gasteiger partial charge in [0.2, 0.25) is 5.76 Å². The standard InChI is InChI=1S/C23H16O5/c24-22(26-15-16-6-2-1-3-7-16)17-10-12-19(13-11-17)27-23(25)21-14-18-8-4-5-9-20(18)28-21/h1-14H,15H2. The SMILES string of the molecule is O=C(OCc1ccccc1)c1ccc(OC(=O)c2cc3ccccc3o2)cc1. The van der Waals surface area contributed by atoms with E-state index in [2.05, 4.69) is 0 Å². The number of furan rings is 1. The Labute approximate surface area is 161 Å². The minimum atomic E-state index is -0.601. The molecule has 1 heterocycles. The van der Waals surface area contributed by atoms with Gasteiger partial charge in [-0.3, -0.25) is 0 Å². The fourth-order valence-corrected chi connectivity index (χ4v) is 2.71. The van der Waals surface area contributed by atoms with Crippen molar-refractivity contribution in [3.05, 3.63) is 102 Å². The first-order valence-corrected chi connectivity index (χ1v) is 8.71. The van der Waals surface area contributed by atoms with E-state index in [4.69, 9.17) is 13.9 Å². The van der Waals surface area contributed by atoms with Crippen molar-refractivity contribution >= 4 is 22.9 Å². The average molecular weight is 372 g/mol. The van der Waals surface area contributed by atoms with Crippen molar-refractivity contribution in [1.29, 1.82) is 0 Å². The van der Waals surface area contributed by atoms with Gasteiger partial charge in [-0.2, -0.15) is 0 Å². The van der Waals surface area contributed by atoms with Crippen LogP contribution in [0.2, 0.25) is 0 Å². The number of hydrogen-bond donors (Lipinski definition) is 0. The molecule has 5 heteroatoms. The molecule has 4 aromatic rings. The monoisotopic (exact) mass is 372 g/mol. The van der Waals surface area contributed by atoms with E-state index in [-0.39, 0.29) is 12.4 Å². The van der Waals surface area contributed by atoms with Gasteiger partial charge in [0.1, 0.15) is 17.9 Å². The lowest BCUT2D eigenvalue weighted by atomic mass is 10.2. The maximum Gasteiger partial charge on any atom is 0.379 e. The quantitative estimate of drug-likeness (QED) is 0.364. The van der Waals surface area contributed by atoms with Gasteiger partial charge in [0.15, 0.2) is 0 Å². The summed E-state index contributed by atoms with van der Waals surface area (Å²) in [6.07, 6.45) is 0. The summed E-state index contributed by atoms with van der Waals surface area (Å²) in [5, 5.41) is 0.825. The zero-order chi connectivity index (χ0) is 19.3.